The minimum absolute atomic E-state index is 0.0920. The molecule has 0 saturated heterocycles. The molecule has 0 aromatic heterocycles. The SMILES string of the molecule is CC[C@](C)(CNC(=O)OC(C)(C)C)C(=O)N[C@H](C)c1ccc(F)c(F)c1. The van der Waals surface area contributed by atoms with Crippen molar-refractivity contribution >= 4 is 12.0 Å². The molecule has 1 rings (SSSR count). The molecular formula is C19H28F2N2O3. The average Bonchev–Trinajstić information content (AvgIpc) is 2.53. The molecule has 0 spiro atoms. The number of nitrogens with one attached hydrogen (secondary N) is 2. The Bertz CT molecular complexity index is 659. The summed E-state index contributed by atoms with van der Waals surface area (Å²) in [5.41, 5.74) is -1.05. The van der Waals surface area contributed by atoms with Gasteiger partial charge < -0.3 is 15.4 Å². The molecule has 1 aromatic rings. The highest BCUT2D eigenvalue weighted by molar-refractivity contribution is 5.83. The first-order valence-corrected chi connectivity index (χ1v) is 8.60. The lowest BCUT2D eigenvalue weighted by Gasteiger charge is -2.30. The van der Waals surface area contributed by atoms with Gasteiger partial charge in [0.15, 0.2) is 11.6 Å². The molecule has 2 atom stereocenters. The fraction of sp³-hybridized carbons (Fsp3) is 0.579. The summed E-state index contributed by atoms with van der Waals surface area (Å²) in [6.45, 7) is 10.6. The van der Waals surface area contributed by atoms with Crippen LogP contribution in [0.2, 0.25) is 0 Å². The van der Waals surface area contributed by atoms with E-state index >= 15 is 0 Å². The van der Waals surface area contributed by atoms with Crippen LogP contribution in [0.15, 0.2) is 18.2 Å². The van der Waals surface area contributed by atoms with Crippen molar-refractivity contribution < 1.29 is 23.1 Å². The van der Waals surface area contributed by atoms with Crippen molar-refractivity contribution in [3.63, 3.8) is 0 Å². The first-order valence-electron chi connectivity index (χ1n) is 8.60. The van der Waals surface area contributed by atoms with Crippen LogP contribution < -0.4 is 10.6 Å². The Morgan fingerprint density at radius 1 is 1.15 bits per heavy atom. The summed E-state index contributed by atoms with van der Waals surface area (Å²) in [6, 6.07) is 3.00. The number of hydrogen-bond acceptors (Lipinski definition) is 3. The van der Waals surface area contributed by atoms with Crippen molar-refractivity contribution in [1.29, 1.82) is 0 Å². The van der Waals surface area contributed by atoms with Gasteiger partial charge in [-0.15, -0.1) is 0 Å². The second-order valence-electron chi connectivity index (χ2n) is 7.64. The predicted octanol–water partition coefficient (Wildman–Crippen LogP) is 4.08. The molecule has 146 valence electrons. The minimum atomic E-state index is -0.964. The fourth-order valence-corrected chi connectivity index (χ4v) is 2.18. The van der Waals surface area contributed by atoms with E-state index in [9.17, 15) is 18.4 Å². The van der Waals surface area contributed by atoms with Crippen LogP contribution in [0.25, 0.3) is 0 Å². The van der Waals surface area contributed by atoms with Crippen molar-refractivity contribution in [3.8, 4) is 0 Å². The standard InChI is InChI=1S/C19H28F2N2O3/c1-7-19(6,11-22-17(25)26-18(3,4)5)16(24)23-12(2)13-8-9-14(20)15(21)10-13/h8-10,12H,7,11H2,1-6H3,(H,22,25)(H,23,24)/t12-,19-/m1/s1. The molecule has 0 radical (unpaired) electrons. The zero-order valence-corrected chi connectivity index (χ0v) is 16.2. The normalized spacial score (nSPS) is 14.9. The molecule has 2 amide bonds. The van der Waals surface area contributed by atoms with Crippen LogP contribution in [0, 0.1) is 17.0 Å². The summed E-state index contributed by atoms with van der Waals surface area (Å²) in [7, 11) is 0. The largest absolute Gasteiger partial charge is 0.444 e. The van der Waals surface area contributed by atoms with Crippen molar-refractivity contribution in [2.24, 2.45) is 5.41 Å². The summed E-state index contributed by atoms with van der Waals surface area (Å²) in [5, 5.41) is 5.40. The summed E-state index contributed by atoms with van der Waals surface area (Å²) >= 11 is 0. The van der Waals surface area contributed by atoms with Gasteiger partial charge in [0.05, 0.1) is 11.5 Å². The number of hydrogen-bond donors (Lipinski definition) is 2. The van der Waals surface area contributed by atoms with Crippen LogP contribution in [-0.4, -0.2) is 24.1 Å². The first kappa shape index (κ1) is 21.9. The van der Waals surface area contributed by atoms with Gasteiger partial charge in [-0.2, -0.15) is 0 Å². The molecule has 0 heterocycles. The number of rotatable bonds is 6. The average molecular weight is 370 g/mol. The fourth-order valence-electron chi connectivity index (χ4n) is 2.18. The number of carbonyl (C=O) groups is 2. The smallest absolute Gasteiger partial charge is 0.407 e. The van der Waals surface area contributed by atoms with Gasteiger partial charge >= 0.3 is 6.09 Å². The van der Waals surface area contributed by atoms with E-state index in [0.717, 1.165) is 12.1 Å². The Morgan fingerprint density at radius 2 is 1.77 bits per heavy atom. The van der Waals surface area contributed by atoms with Gasteiger partial charge in [0.2, 0.25) is 5.91 Å². The molecule has 0 unspecified atom stereocenters. The van der Waals surface area contributed by atoms with Gasteiger partial charge in [-0.25, -0.2) is 13.6 Å². The second kappa shape index (κ2) is 8.47. The lowest BCUT2D eigenvalue weighted by atomic mass is 9.86. The van der Waals surface area contributed by atoms with E-state index in [1.165, 1.54) is 6.07 Å². The molecule has 5 nitrogen and oxygen atoms in total. The zero-order chi connectivity index (χ0) is 20.1. The molecule has 0 aliphatic carbocycles. The molecule has 0 bridgehead atoms. The van der Waals surface area contributed by atoms with Crippen LogP contribution in [0.1, 0.15) is 59.6 Å². The maximum Gasteiger partial charge on any atom is 0.407 e. The number of alkyl carbamates (subject to hydrolysis) is 1. The van der Waals surface area contributed by atoms with E-state index in [-0.39, 0.29) is 12.5 Å². The second-order valence-corrected chi connectivity index (χ2v) is 7.64. The van der Waals surface area contributed by atoms with Crippen molar-refractivity contribution in [1.82, 2.24) is 10.6 Å². The molecule has 26 heavy (non-hydrogen) atoms. The number of amides is 2. The number of carbonyl (C=O) groups excluding carboxylic acids is 2. The van der Waals surface area contributed by atoms with Crippen molar-refractivity contribution in [2.75, 3.05) is 6.54 Å². The van der Waals surface area contributed by atoms with Gasteiger partial charge in [0.25, 0.3) is 0 Å². The van der Waals surface area contributed by atoms with Gasteiger partial charge in [-0.3, -0.25) is 4.79 Å². The third kappa shape index (κ3) is 6.28. The summed E-state index contributed by atoms with van der Waals surface area (Å²) in [5.74, 6) is -2.20. The molecule has 0 aliphatic rings. The van der Waals surface area contributed by atoms with E-state index < -0.39 is 34.8 Å². The molecule has 2 N–H and O–H groups in total. The van der Waals surface area contributed by atoms with E-state index in [1.54, 1.807) is 34.6 Å². The Labute approximate surface area is 153 Å². The first-order chi connectivity index (χ1) is 11.9. The molecular weight excluding hydrogens is 342 g/mol. The highest BCUT2D eigenvalue weighted by Crippen LogP contribution is 2.23. The molecule has 0 aliphatic heterocycles. The molecule has 0 fully saturated rings. The highest BCUT2D eigenvalue weighted by Gasteiger charge is 2.33. The summed E-state index contributed by atoms with van der Waals surface area (Å²) < 4.78 is 31.6. The topological polar surface area (TPSA) is 67.4 Å². The number of benzene rings is 1. The minimum Gasteiger partial charge on any atom is -0.444 e. The summed E-state index contributed by atoms with van der Waals surface area (Å²) in [4.78, 5) is 24.5. The van der Waals surface area contributed by atoms with Crippen LogP contribution >= 0.6 is 0 Å². The lowest BCUT2D eigenvalue weighted by molar-refractivity contribution is -0.130. The Hall–Kier alpha value is -2.18. The Balaban J connectivity index is 2.74. The number of ether oxygens (including phenoxy) is 1. The maximum absolute atomic E-state index is 13.4. The van der Waals surface area contributed by atoms with Crippen molar-refractivity contribution in [2.45, 2.75) is 59.6 Å². The van der Waals surface area contributed by atoms with Crippen LogP contribution in [-0.2, 0) is 9.53 Å². The van der Waals surface area contributed by atoms with E-state index in [0.29, 0.717) is 12.0 Å². The van der Waals surface area contributed by atoms with E-state index in [1.807, 2.05) is 6.92 Å². The lowest BCUT2D eigenvalue weighted by Crippen LogP contribution is -2.47. The van der Waals surface area contributed by atoms with Crippen LogP contribution in [0.5, 0.6) is 0 Å². The predicted molar refractivity (Wildman–Crippen MR) is 95.6 cm³/mol. The van der Waals surface area contributed by atoms with Crippen molar-refractivity contribution in [3.05, 3.63) is 35.4 Å². The molecule has 7 heteroatoms. The van der Waals surface area contributed by atoms with Gasteiger partial charge in [-0.1, -0.05) is 13.0 Å². The van der Waals surface area contributed by atoms with Crippen LogP contribution in [0.4, 0.5) is 13.6 Å². The maximum atomic E-state index is 13.4. The Morgan fingerprint density at radius 3 is 2.27 bits per heavy atom. The van der Waals surface area contributed by atoms with E-state index in [2.05, 4.69) is 10.6 Å². The highest BCUT2D eigenvalue weighted by atomic mass is 19.2. The molecule has 0 saturated carbocycles. The van der Waals surface area contributed by atoms with Gasteiger partial charge in [0.1, 0.15) is 5.60 Å². The zero-order valence-electron chi connectivity index (χ0n) is 16.2. The third-order valence-electron chi connectivity index (χ3n) is 4.14. The quantitative estimate of drug-likeness (QED) is 0.793. The Kier molecular flexibility index (Phi) is 7.12. The monoisotopic (exact) mass is 370 g/mol. The van der Waals surface area contributed by atoms with Crippen LogP contribution in [0.3, 0.4) is 0 Å². The van der Waals surface area contributed by atoms with Gasteiger partial charge in [-0.05, 0) is 58.7 Å². The molecule has 1 aromatic carbocycles. The van der Waals surface area contributed by atoms with E-state index in [4.69, 9.17) is 4.74 Å². The third-order valence-corrected chi connectivity index (χ3v) is 4.14. The summed E-state index contributed by atoms with van der Waals surface area (Å²) in [6.07, 6.45) is -0.127. The van der Waals surface area contributed by atoms with Gasteiger partial charge in [0, 0.05) is 6.54 Å². The number of halogens is 2.